The molecule has 8 rings (SSSR count). The van der Waals surface area contributed by atoms with Crippen molar-refractivity contribution in [1.82, 2.24) is 5.32 Å². The lowest BCUT2D eigenvalue weighted by atomic mass is 9.78. The molecule has 0 heterocycles. The van der Waals surface area contributed by atoms with Crippen LogP contribution in [-0.2, 0) is 19.9 Å². The summed E-state index contributed by atoms with van der Waals surface area (Å²) >= 11 is 7.08. The van der Waals surface area contributed by atoms with E-state index in [9.17, 15) is 9.59 Å². The van der Waals surface area contributed by atoms with Gasteiger partial charge in [0.15, 0.2) is 5.60 Å². The summed E-state index contributed by atoms with van der Waals surface area (Å²) in [4.78, 5) is 28.5. The average molecular weight is 780 g/mol. The predicted molar refractivity (Wildman–Crippen MR) is 229 cm³/mol. The van der Waals surface area contributed by atoms with E-state index in [1.54, 1.807) is 0 Å². The summed E-state index contributed by atoms with van der Waals surface area (Å²) in [7, 11) is 0. The number of hydrogen-bond acceptors (Lipinski definition) is 4. The van der Waals surface area contributed by atoms with E-state index in [-0.39, 0.29) is 18.5 Å². The Labute approximate surface area is 343 Å². The molecular weight excluding hydrogens is 726 g/mol. The molecule has 2 fully saturated rings. The van der Waals surface area contributed by atoms with Gasteiger partial charge in [-0.25, -0.2) is 4.79 Å². The summed E-state index contributed by atoms with van der Waals surface area (Å²) in [6.45, 7) is 0.210. The maximum atomic E-state index is 14.9. The zero-order valence-corrected chi connectivity index (χ0v) is 33.6. The Morgan fingerprint density at radius 3 is 1.81 bits per heavy atom. The van der Waals surface area contributed by atoms with Crippen LogP contribution in [-0.4, -0.2) is 24.7 Å². The van der Waals surface area contributed by atoms with E-state index in [0.717, 1.165) is 35.1 Å². The number of benzene rings is 5. The molecule has 0 aromatic heterocycles. The van der Waals surface area contributed by atoms with Gasteiger partial charge in [0.25, 0.3) is 0 Å². The van der Waals surface area contributed by atoms with Crippen molar-refractivity contribution >= 4 is 23.7 Å². The number of hydrogen-bond donors (Lipinski definition) is 1. The second-order valence-electron chi connectivity index (χ2n) is 16.3. The normalized spacial score (nSPS) is 20.0. The Morgan fingerprint density at radius 2 is 1.14 bits per heavy atom. The van der Waals surface area contributed by atoms with E-state index in [4.69, 9.17) is 21.1 Å². The highest BCUT2D eigenvalue weighted by Crippen LogP contribution is 2.46. The lowest BCUT2D eigenvalue weighted by Gasteiger charge is -2.39. The number of carbonyl (C=O) groups is 2. The third kappa shape index (κ3) is 8.41. The van der Waals surface area contributed by atoms with E-state index in [1.807, 2.05) is 78.9 Å². The van der Waals surface area contributed by atoms with Gasteiger partial charge in [-0.15, -0.1) is 0 Å². The molecule has 0 bridgehead atoms. The molecule has 294 valence electrons. The molecule has 5 aromatic rings. The number of rotatable bonds is 9. The molecule has 1 amide bonds. The lowest BCUT2D eigenvalue weighted by Crippen LogP contribution is -2.48. The molecule has 6 heteroatoms. The highest BCUT2D eigenvalue weighted by Gasteiger charge is 2.45. The molecule has 1 unspecified atom stereocenters. The second-order valence-corrected chi connectivity index (χ2v) is 16.7. The van der Waals surface area contributed by atoms with Crippen molar-refractivity contribution in [3.8, 4) is 11.1 Å². The van der Waals surface area contributed by atoms with Crippen molar-refractivity contribution in [2.24, 2.45) is 5.92 Å². The van der Waals surface area contributed by atoms with Crippen LogP contribution in [0.4, 0.5) is 4.79 Å². The predicted octanol–water partition coefficient (Wildman–Crippen LogP) is 12.9. The fraction of sp³-hybridized carbons (Fsp3) is 0.373. The standard InChI is InChI=1S/C51H54ClNO4/c52-47-29-17-16-28-46(47)51(38-21-9-6-10-22-38,39-33-31-37(32-34-39)36-19-7-4-2-1-3-5-8-20-36)57-49(54)44-27-15-18-30-48(44)53-50(55)56-35-45-42-25-13-11-23-40(42)41-24-12-14-26-43(41)45/h6,9-14,16-17,21-26,28-29,31-34,36,44-45,48H,1-5,7-8,15,18-20,27,30,35H2,(H,53,55)/t44-,48-,51?/m1/s1. The van der Waals surface area contributed by atoms with Crippen LogP contribution in [0, 0.1) is 5.92 Å². The minimum absolute atomic E-state index is 0.0510. The molecule has 57 heavy (non-hydrogen) atoms. The van der Waals surface area contributed by atoms with Gasteiger partial charge >= 0.3 is 12.1 Å². The molecule has 3 aliphatic rings. The minimum Gasteiger partial charge on any atom is -0.449 e. The number of ether oxygens (including phenoxy) is 2. The van der Waals surface area contributed by atoms with Crippen LogP contribution in [0.15, 0.2) is 127 Å². The maximum Gasteiger partial charge on any atom is 0.407 e. The Morgan fingerprint density at radius 1 is 0.596 bits per heavy atom. The summed E-state index contributed by atoms with van der Waals surface area (Å²) in [5, 5.41) is 3.63. The lowest BCUT2D eigenvalue weighted by molar-refractivity contribution is -0.160. The first-order chi connectivity index (χ1) is 28.0. The third-order valence-corrected chi connectivity index (χ3v) is 13.1. The van der Waals surface area contributed by atoms with Gasteiger partial charge in [-0.1, -0.05) is 191 Å². The molecule has 3 aliphatic carbocycles. The third-order valence-electron chi connectivity index (χ3n) is 12.8. The summed E-state index contributed by atoms with van der Waals surface area (Å²) in [5.74, 6) is -0.464. The largest absolute Gasteiger partial charge is 0.449 e. The first kappa shape index (κ1) is 39.0. The van der Waals surface area contributed by atoms with Crippen LogP contribution in [0.2, 0.25) is 5.02 Å². The van der Waals surface area contributed by atoms with Gasteiger partial charge in [0.2, 0.25) is 0 Å². The van der Waals surface area contributed by atoms with Crippen LogP contribution in [0.5, 0.6) is 0 Å². The zero-order valence-electron chi connectivity index (χ0n) is 32.8. The van der Waals surface area contributed by atoms with Gasteiger partial charge in [0.1, 0.15) is 6.61 Å². The second kappa shape index (κ2) is 18.2. The number of carbonyl (C=O) groups excluding carboxylic acids is 2. The van der Waals surface area contributed by atoms with Crippen LogP contribution in [0.25, 0.3) is 11.1 Å². The van der Waals surface area contributed by atoms with Crippen molar-refractivity contribution in [1.29, 1.82) is 0 Å². The highest BCUT2D eigenvalue weighted by atomic mass is 35.5. The van der Waals surface area contributed by atoms with E-state index in [0.29, 0.717) is 29.3 Å². The van der Waals surface area contributed by atoms with E-state index < -0.39 is 23.7 Å². The number of nitrogens with one attached hydrogen (secondary N) is 1. The van der Waals surface area contributed by atoms with Crippen LogP contribution in [0.3, 0.4) is 0 Å². The molecule has 0 saturated heterocycles. The molecule has 0 radical (unpaired) electrons. The number of esters is 1. The van der Waals surface area contributed by atoms with Crippen molar-refractivity contribution in [2.45, 2.75) is 107 Å². The highest BCUT2D eigenvalue weighted by molar-refractivity contribution is 6.31. The summed E-state index contributed by atoms with van der Waals surface area (Å²) < 4.78 is 12.9. The Balaban J connectivity index is 1.06. The van der Waals surface area contributed by atoms with Crippen molar-refractivity contribution < 1.29 is 19.1 Å². The number of amides is 1. The molecule has 5 aromatic carbocycles. The average Bonchev–Trinajstić information content (AvgIpc) is 3.58. The monoisotopic (exact) mass is 779 g/mol. The van der Waals surface area contributed by atoms with Crippen molar-refractivity contribution in [3.63, 3.8) is 0 Å². The molecule has 3 atom stereocenters. The summed E-state index contributed by atoms with van der Waals surface area (Å²) in [6, 6.07) is 42.6. The molecule has 2 saturated carbocycles. The molecule has 1 N–H and O–H groups in total. The Bertz CT molecular complexity index is 2080. The first-order valence-corrected chi connectivity index (χ1v) is 21.7. The van der Waals surface area contributed by atoms with Crippen LogP contribution < -0.4 is 5.32 Å². The van der Waals surface area contributed by atoms with Gasteiger partial charge < -0.3 is 14.8 Å². The SMILES string of the molecule is O=C(N[C@@H]1CCCC[C@H]1C(=O)OC(c1ccccc1)(c1ccc(C2CCCCCCCCC2)cc1)c1ccccc1Cl)OCC1c2ccccc2-c2ccccc21. The number of alkyl carbamates (subject to hydrolysis) is 1. The molecule has 5 nitrogen and oxygen atoms in total. The zero-order chi connectivity index (χ0) is 39.0. The molecular formula is C51H54ClNO4. The topological polar surface area (TPSA) is 64.6 Å². The van der Waals surface area contributed by atoms with E-state index in [2.05, 4.69) is 53.8 Å². The maximum absolute atomic E-state index is 14.9. The number of fused-ring (bicyclic) bond motifs is 3. The number of halogens is 1. The van der Waals surface area contributed by atoms with Gasteiger partial charge in [-0.2, -0.15) is 0 Å². The summed E-state index contributed by atoms with van der Waals surface area (Å²) in [5.41, 5.74) is 7.05. The van der Waals surface area contributed by atoms with E-state index >= 15 is 0 Å². The van der Waals surface area contributed by atoms with Crippen LogP contribution >= 0.6 is 11.6 Å². The Hall–Kier alpha value is -4.87. The van der Waals surface area contributed by atoms with Gasteiger partial charge in [-0.3, -0.25) is 4.79 Å². The van der Waals surface area contributed by atoms with Gasteiger partial charge in [0.05, 0.1) is 5.92 Å². The fourth-order valence-corrected chi connectivity index (χ4v) is 10.1. The van der Waals surface area contributed by atoms with Crippen molar-refractivity contribution in [3.05, 3.63) is 166 Å². The molecule has 0 spiro atoms. The van der Waals surface area contributed by atoms with E-state index in [1.165, 1.54) is 74.5 Å². The fourth-order valence-electron chi connectivity index (χ4n) is 9.81. The Kier molecular flexibility index (Phi) is 12.4. The van der Waals surface area contributed by atoms with Gasteiger partial charge in [0, 0.05) is 33.7 Å². The first-order valence-electron chi connectivity index (χ1n) is 21.3. The van der Waals surface area contributed by atoms with Crippen molar-refractivity contribution in [2.75, 3.05) is 6.61 Å². The smallest absolute Gasteiger partial charge is 0.407 e. The van der Waals surface area contributed by atoms with Crippen LogP contribution in [0.1, 0.15) is 129 Å². The molecule has 0 aliphatic heterocycles. The summed E-state index contributed by atoms with van der Waals surface area (Å²) in [6.07, 6.45) is 14.0. The minimum atomic E-state index is -1.32. The quantitative estimate of drug-likeness (QED) is 0.120. The van der Waals surface area contributed by atoms with Gasteiger partial charge in [-0.05, 0) is 65.5 Å².